The zero-order chi connectivity index (χ0) is 17.4. The average molecular weight is 330 g/mol. The van der Waals surface area contributed by atoms with Crippen molar-refractivity contribution in [1.29, 1.82) is 0 Å². The predicted molar refractivity (Wildman–Crippen MR) is 87.4 cm³/mol. The van der Waals surface area contributed by atoms with Crippen molar-refractivity contribution in [3.63, 3.8) is 0 Å². The summed E-state index contributed by atoms with van der Waals surface area (Å²) in [6, 6.07) is 10.5. The van der Waals surface area contributed by atoms with Crippen molar-refractivity contribution < 1.29 is 24.2 Å². The lowest BCUT2D eigenvalue weighted by Gasteiger charge is -2.10. The van der Waals surface area contributed by atoms with Gasteiger partial charge in [0.1, 0.15) is 0 Å². The van der Waals surface area contributed by atoms with Gasteiger partial charge in [-0.05, 0) is 24.6 Å². The van der Waals surface area contributed by atoms with E-state index in [0.717, 1.165) is 0 Å². The number of carboxylic acid groups (broad SMARTS) is 1. The fourth-order valence-corrected chi connectivity index (χ4v) is 1.95. The Labute approximate surface area is 139 Å². The maximum Gasteiger partial charge on any atom is 0.303 e. The number of amides is 1. The smallest absolute Gasteiger partial charge is 0.303 e. The van der Waals surface area contributed by atoms with Gasteiger partial charge in [0.05, 0.1) is 19.0 Å². The first-order chi connectivity index (χ1) is 11.6. The Bertz CT molecular complexity index is 700. The molecule has 0 aliphatic heterocycles. The molecular formula is C17H18N2O5. The lowest BCUT2D eigenvalue weighted by atomic mass is 10.2. The third-order valence-corrected chi connectivity index (χ3v) is 3.10. The Morgan fingerprint density at radius 1 is 1.12 bits per heavy atom. The van der Waals surface area contributed by atoms with Crippen molar-refractivity contribution in [3.05, 3.63) is 42.6 Å². The van der Waals surface area contributed by atoms with Gasteiger partial charge < -0.3 is 19.9 Å². The summed E-state index contributed by atoms with van der Waals surface area (Å²) in [6.45, 7) is 0. The van der Waals surface area contributed by atoms with Gasteiger partial charge >= 0.3 is 5.97 Å². The molecule has 126 valence electrons. The quantitative estimate of drug-likeness (QED) is 0.772. The molecule has 0 spiro atoms. The molecule has 0 aliphatic carbocycles. The number of para-hydroxylation sites is 2. The van der Waals surface area contributed by atoms with E-state index in [-0.39, 0.29) is 18.7 Å². The summed E-state index contributed by atoms with van der Waals surface area (Å²) in [6.07, 6.45) is 1.88. The van der Waals surface area contributed by atoms with Crippen LogP contribution in [0.1, 0.15) is 19.3 Å². The van der Waals surface area contributed by atoms with Crippen LogP contribution < -0.4 is 14.8 Å². The molecule has 0 radical (unpaired) electrons. The minimum Gasteiger partial charge on any atom is -0.493 e. The minimum absolute atomic E-state index is 0.0304. The SMILES string of the molecule is COc1ccccc1Oc1ccc(NC(=O)CCCC(=O)O)cn1. The molecule has 1 amide bonds. The number of methoxy groups -OCH3 is 1. The van der Waals surface area contributed by atoms with Gasteiger partial charge in [-0.1, -0.05) is 12.1 Å². The number of aliphatic carboxylic acids is 1. The summed E-state index contributed by atoms with van der Waals surface area (Å²) in [5, 5.41) is 11.2. The van der Waals surface area contributed by atoms with Crippen molar-refractivity contribution in [1.82, 2.24) is 4.98 Å². The van der Waals surface area contributed by atoms with Crippen LogP contribution in [0.3, 0.4) is 0 Å². The van der Waals surface area contributed by atoms with Crippen molar-refractivity contribution in [2.24, 2.45) is 0 Å². The Kier molecular flexibility index (Phi) is 6.13. The van der Waals surface area contributed by atoms with Gasteiger partial charge in [-0.25, -0.2) is 4.98 Å². The van der Waals surface area contributed by atoms with Gasteiger partial charge in [-0.15, -0.1) is 0 Å². The van der Waals surface area contributed by atoms with Gasteiger partial charge in [0.25, 0.3) is 0 Å². The lowest BCUT2D eigenvalue weighted by Crippen LogP contribution is -2.12. The van der Waals surface area contributed by atoms with Crippen LogP contribution in [-0.2, 0) is 9.59 Å². The first-order valence-corrected chi connectivity index (χ1v) is 7.37. The van der Waals surface area contributed by atoms with Crippen LogP contribution in [0, 0.1) is 0 Å². The number of hydrogen-bond acceptors (Lipinski definition) is 5. The van der Waals surface area contributed by atoms with E-state index in [4.69, 9.17) is 14.6 Å². The van der Waals surface area contributed by atoms with Crippen LogP contribution in [0.4, 0.5) is 5.69 Å². The van der Waals surface area contributed by atoms with Gasteiger partial charge in [0, 0.05) is 18.9 Å². The second kappa shape index (κ2) is 8.52. The molecule has 0 saturated heterocycles. The molecule has 2 aromatic rings. The third kappa shape index (κ3) is 5.28. The van der Waals surface area contributed by atoms with Gasteiger partial charge in [-0.3, -0.25) is 9.59 Å². The molecule has 1 aromatic carbocycles. The molecule has 0 unspecified atom stereocenters. The highest BCUT2D eigenvalue weighted by molar-refractivity contribution is 5.90. The number of carbonyl (C=O) groups excluding carboxylic acids is 1. The molecule has 24 heavy (non-hydrogen) atoms. The number of anilines is 1. The average Bonchev–Trinajstić information content (AvgIpc) is 2.57. The number of carbonyl (C=O) groups is 2. The summed E-state index contributed by atoms with van der Waals surface area (Å²) in [4.78, 5) is 26.2. The summed E-state index contributed by atoms with van der Waals surface area (Å²) in [7, 11) is 1.55. The Morgan fingerprint density at radius 2 is 1.88 bits per heavy atom. The Balaban J connectivity index is 1.91. The monoisotopic (exact) mass is 330 g/mol. The number of carboxylic acids is 1. The lowest BCUT2D eigenvalue weighted by molar-refractivity contribution is -0.137. The van der Waals surface area contributed by atoms with Crippen molar-refractivity contribution in [3.8, 4) is 17.4 Å². The minimum atomic E-state index is -0.915. The van der Waals surface area contributed by atoms with Crippen LogP contribution in [0.2, 0.25) is 0 Å². The third-order valence-electron chi connectivity index (χ3n) is 3.10. The van der Waals surface area contributed by atoms with Gasteiger partial charge in [0.2, 0.25) is 11.8 Å². The van der Waals surface area contributed by atoms with E-state index < -0.39 is 5.97 Å². The molecule has 0 saturated carbocycles. The fraction of sp³-hybridized carbons (Fsp3) is 0.235. The van der Waals surface area contributed by atoms with E-state index in [0.29, 0.717) is 29.5 Å². The fourth-order valence-electron chi connectivity index (χ4n) is 1.95. The highest BCUT2D eigenvalue weighted by Crippen LogP contribution is 2.30. The number of nitrogens with one attached hydrogen (secondary N) is 1. The molecule has 1 aromatic heterocycles. The zero-order valence-electron chi connectivity index (χ0n) is 13.2. The van der Waals surface area contributed by atoms with Crippen LogP contribution in [0.25, 0.3) is 0 Å². The van der Waals surface area contributed by atoms with E-state index in [1.165, 1.54) is 6.20 Å². The molecule has 1 heterocycles. The highest BCUT2D eigenvalue weighted by atomic mass is 16.5. The van der Waals surface area contributed by atoms with E-state index in [9.17, 15) is 9.59 Å². The first kappa shape index (κ1) is 17.3. The maximum absolute atomic E-state index is 11.7. The topological polar surface area (TPSA) is 97.8 Å². The second-order valence-corrected chi connectivity index (χ2v) is 4.93. The molecular weight excluding hydrogens is 312 g/mol. The molecule has 0 aliphatic rings. The molecule has 2 N–H and O–H groups in total. The van der Waals surface area contributed by atoms with Crippen LogP contribution in [-0.4, -0.2) is 29.1 Å². The number of benzene rings is 1. The Hall–Kier alpha value is -3.09. The summed E-state index contributed by atoms with van der Waals surface area (Å²) < 4.78 is 10.8. The largest absolute Gasteiger partial charge is 0.493 e. The van der Waals surface area contributed by atoms with Crippen LogP contribution in [0.15, 0.2) is 42.6 Å². The summed E-state index contributed by atoms with van der Waals surface area (Å²) in [5.41, 5.74) is 0.516. The molecule has 7 nitrogen and oxygen atoms in total. The number of aromatic nitrogens is 1. The summed E-state index contributed by atoms with van der Waals surface area (Å²) >= 11 is 0. The number of nitrogens with zero attached hydrogens (tertiary/aromatic N) is 1. The van der Waals surface area contributed by atoms with E-state index >= 15 is 0 Å². The number of ether oxygens (including phenoxy) is 2. The Morgan fingerprint density at radius 3 is 2.50 bits per heavy atom. The van der Waals surface area contributed by atoms with Crippen molar-refractivity contribution >= 4 is 17.6 Å². The van der Waals surface area contributed by atoms with E-state index in [1.54, 1.807) is 31.4 Å². The first-order valence-electron chi connectivity index (χ1n) is 7.37. The molecule has 0 atom stereocenters. The maximum atomic E-state index is 11.7. The summed E-state index contributed by atoms with van der Waals surface area (Å²) in [5.74, 6) is 0.329. The molecule has 0 fully saturated rings. The normalized spacial score (nSPS) is 10.0. The van der Waals surface area contributed by atoms with E-state index in [1.807, 2.05) is 12.1 Å². The molecule has 0 bridgehead atoms. The standard InChI is InChI=1S/C17H18N2O5/c1-23-13-5-2-3-6-14(13)24-16-10-9-12(11-18-16)19-15(20)7-4-8-17(21)22/h2-3,5-6,9-11H,4,7-8H2,1H3,(H,19,20)(H,21,22). The number of pyridine rings is 1. The van der Waals surface area contributed by atoms with Gasteiger partial charge in [0.15, 0.2) is 11.5 Å². The second-order valence-electron chi connectivity index (χ2n) is 4.93. The molecule has 2 rings (SSSR count). The van der Waals surface area contributed by atoms with Crippen molar-refractivity contribution in [2.45, 2.75) is 19.3 Å². The number of hydrogen-bond donors (Lipinski definition) is 2. The van der Waals surface area contributed by atoms with E-state index in [2.05, 4.69) is 10.3 Å². The predicted octanol–water partition coefficient (Wildman–Crippen LogP) is 3.08. The molecule has 7 heteroatoms. The highest BCUT2D eigenvalue weighted by Gasteiger charge is 2.07. The zero-order valence-corrected chi connectivity index (χ0v) is 13.2. The van der Waals surface area contributed by atoms with Crippen molar-refractivity contribution in [2.75, 3.05) is 12.4 Å². The van der Waals surface area contributed by atoms with Gasteiger partial charge in [-0.2, -0.15) is 0 Å². The van der Waals surface area contributed by atoms with Crippen LogP contribution in [0.5, 0.6) is 17.4 Å². The number of rotatable bonds is 8. The van der Waals surface area contributed by atoms with Crippen LogP contribution >= 0.6 is 0 Å².